The molecule has 4 heterocycles. The number of sulfone groups is 1. The highest BCUT2D eigenvalue weighted by Crippen LogP contribution is 2.39. The van der Waals surface area contributed by atoms with E-state index in [1.54, 1.807) is 18.2 Å². The molecule has 3 aromatic rings. The summed E-state index contributed by atoms with van der Waals surface area (Å²) < 4.78 is 50.0. The van der Waals surface area contributed by atoms with Crippen molar-refractivity contribution < 1.29 is 27.1 Å². The number of aromatic nitrogens is 3. The van der Waals surface area contributed by atoms with Gasteiger partial charge < -0.3 is 9.47 Å². The number of pyridine rings is 1. The lowest BCUT2D eigenvalue weighted by atomic mass is 9.86. The van der Waals surface area contributed by atoms with Crippen molar-refractivity contribution in [1.29, 1.82) is 0 Å². The van der Waals surface area contributed by atoms with Crippen molar-refractivity contribution in [2.24, 2.45) is 5.41 Å². The van der Waals surface area contributed by atoms with Gasteiger partial charge in [-0.25, -0.2) is 12.8 Å². The number of ketones is 1. The number of Topliss-reactive ketones (excluding diaryl/α,β-unsaturated/α-hetero) is 1. The molecule has 1 aromatic carbocycles. The zero-order valence-electron chi connectivity index (χ0n) is 21.5. The number of ether oxygens (including phenoxy) is 2. The minimum absolute atomic E-state index is 0.0244. The number of halogens is 1. The summed E-state index contributed by atoms with van der Waals surface area (Å²) in [6.45, 7) is 7.84. The summed E-state index contributed by atoms with van der Waals surface area (Å²) in [5.41, 5.74) is 2.26. The van der Waals surface area contributed by atoms with Gasteiger partial charge in [-0.3, -0.25) is 14.5 Å². The summed E-state index contributed by atoms with van der Waals surface area (Å²) in [5.74, 6) is 0.297. The Hall–Kier alpha value is -2.85. The van der Waals surface area contributed by atoms with Gasteiger partial charge in [0.15, 0.2) is 15.6 Å². The lowest BCUT2D eigenvalue weighted by Gasteiger charge is -2.37. The van der Waals surface area contributed by atoms with Crippen LogP contribution in [0.4, 0.5) is 4.39 Å². The van der Waals surface area contributed by atoms with E-state index in [0.717, 1.165) is 23.9 Å². The Morgan fingerprint density at radius 2 is 2.03 bits per heavy atom. The van der Waals surface area contributed by atoms with E-state index in [2.05, 4.69) is 4.98 Å². The number of hydrogen-bond donors (Lipinski definition) is 0. The number of carbonyl (C=O) groups excluding carboxylic acids is 1. The maximum absolute atomic E-state index is 13.5. The van der Waals surface area contributed by atoms with Crippen molar-refractivity contribution in [2.45, 2.75) is 65.0 Å². The molecule has 0 spiro atoms. The molecular formula is C27H32FN3O5S. The molecule has 37 heavy (non-hydrogen) atoms. The molecule has 2 aliphatic heterocycles. The van der Waals surface area contributed by atoms with Gasteiger partial charge in [-0.15, -0.1) is 0 Å². The van der Waals surface area contributed by atoms with Gasteiger partial charge in [-0.2, -0.15) is 5.10 Å². The monoisotopic (exact) mass is 529 g/mol. The van der Waals surface area contributed by atoms with Gasteiger partial charge in [0.2, 0.25) is 6.36 Å². The van der Waals surface area contributed by atoms with E-state index in [1.807, 2.05) is 37.6 Å². The maximum atomic E-state index is 13.5. The largest absolute Gasteiger partial charge is 0.461 e. The molecule has 0 aliphatic carbocycles. The number of rotatable bonds is 7. The van der Waals surface area contributed by atoms with Crippen LogP contribution in [-0.2, 0) is 14.6 Å². The lowest BCUT2D eigenvalue weighted by Crippen LogP contribution is -2.47. The van der Waals surface area contributed by atoms with E-state index >= 15 is 0 Å². The highest BCUT2D eigenvalue weighted by molar-refractivity contribution is 7.92. The number of fused-ring (bicyclic) bond motifs is 1. The van der Waals surface area contributed by atoms with Crippen LogP contribution in [0.3, 0.4) is 0 Å². The minimum atomic E-state index is -3.05. The van der Waals surface area contributed by atoms with E-state index in [-0.39, 0.29) is 35.4 Å². The number of alkyl halides is 1. The van der Waals surface area contributed by atoms with Crippen LogP contribution in [0, 0.1) is 5.41 Å². The highest BCUT2D eigenvalue weighted by Gasteiger charge is 2.46. The number of nitrogens with zero attached hydrogens (tertiary/aromatic N) is 3. The second-order valence-corrected chi connectivity index (χ2v) is 13.3. The van der Waals surface area contributed by atoms with E-state index < -0.39 is 21.6 Å². The van der Waals surface area contributed by atoms with Gasteiger partial charge in [-0.05, 0) is 44.9 Å². The van der Waals surface area contributed by atoms with Crippen LogP contribution in [0.25, 0.3) is 22.3 Å². The lowest BCUT2D eigenvalue weighted by molar-refractivity contribution is -0.0701. The molecule has 2 aliphatic rings. The first kappa shape index (κ1) is 25.8. The summed E-state index contributed by atoms with van der Waals surface area (Å²) >= 11 is 0. The average molecular weight is 530 g/mol. The normalized spacial score (nSPS) is 22.8. The Balaban J connectivity index is 1.56. The molecule has 0 saturated carbocycles. The van der Waals surface area contributed by atoms with Crippen LogP contribution in [0.2, 0.25) is 0 Å². The molecule has 5 rings (SSSR count). The summed E-state index contributed by atoms with van der Waals surface area (Å²) in [4.78, 5) is 17.8. The van der Waals surface area contributed by atoms with Gasteiger partial charge >= 0.3 is 0 Å². The van der Waals surface area contributed by atoms with Crippen molar-refractivity contribution in [3.05, 3.63) is 42.1 Å². The fourth-order valence-electron chi connectivity index (χ4n) is 5.57. The Labute approximate surface area is 216 Å². The van der Waals surface area contributed by atoms with Crippen LogP contribution < -0.4 is 4.74 Å². The average Bonchev–Trinajstić information content (AvgIpc) is 3.15. The Morgan fingerprint density at radius 3 is 2.70 bits per heavy atom. The van der Waals surface area contributed by atoms with Crippen molar-refractivity contribution in [3.8, 4) is 17.0 Å². The molecule has 2 atom stereocenters. The molecule has 2 saturated heterocycles. The Morgan fingerprint density at radius 1 is 1.27 bits per heavy atom. The fraction of sp³-hybridized carbons (Fsp3) is 0.519. The molecule has 8 nitrogen and oxygen atoms in total. The molecule has 0 radical (unpaired) electrons. The number of benzene rings is 1. The molecule has 2 aromatic heterocycles. The van der Waals surface area contributed by atoms with E-state index in [9.17, 15) is 17.6 Å². The van der Waals surface area contributed by atoms with Crippen LogP contribution in [0.15, 0.2) is 36.5 Å². The highest BCUT2D eigenvalue weighted by atomic mass is 32.2. The zero-order valence-corrected chi connectivity index (χ0v) is 22.3. The molecule has 198 valence electrons. The first-order valence-corrected chi connectivity index (χ1v) is 14.3. The molecule has 10 heteroatoms. The van der Waals surface area contributed by atoms with Gasteiger partial charge in [0, 0.05) is 42.7 Å². The number of carbonyl (C=O) groups is 1. The number of hydrogen-bond acceptors (Lipinski definition) is 7. The van der Waals surface area contributed by atoms with Crippen LogP contribution in [0.1, 0.15) is 63.4 Å². The molecule has 0 amide bonds. The first-order valence-electron chi connectivity index (χ1n) is 12.5. The van der Waals surface area contributed by atoms with Crippen molar-refractivity contribution in [1.82, 2.24) is 14.8 Å². The summed E-state index contributed by atoms with van der Waals surface area (Å²) in [7, 11) is -3.05. The van der Waals surface area contributed by atoms with Gasteiger partial charge in [0.25, 0.3) is 0 Å². The second kappa shape index (κ2) is 9.16. The summed E-state index contributed by atoms with van der Waals surface area (Å²) in [6.07, 6.45) is 1.73. The minimum Gasteiger partial charge on any atom is -0.461 e. The second-order valence-electron chi connectivity index (χ2n) is 11.3. The van der Waals surface area contributed by atoms with Gasteiger partial charge in [0.1, 0.15) is 17.0 Å². The topological polar surface area (TPSA) is 100 Å². The molecular weight excluding hydrogens is 497 g/mol. The van der Waals surface area contributed by atoms with Crippen LogP contribution >= 0.6 is 0 Å². The molecule has 2 fully saturated rings. The SMILES string of the molecule is CC(F)Oc1cccc(-c2nn(C3CCOC(C)(C)C3)c3cc(C(=O)CC4(C)CS(=O)(=O)C4)cnc23)c1. The summed E-state index contributed by atoms with van der Waals surface area (Å²) in [5, 5.41) is 4.95. The van der Waals surface area contributed by atoms with Crippen molar-refractivity contribution in [2.75, 3.05) is 18.1 Å². The van der Waals surface area contributed by atoms with Crippen molar-refractivity contribution >= 4 is 26.7 Å². The van der Waals surface area contributed by atoms with Crippen molar-refractivity contribution in [3.63, 3.8) is 0 Å². The third-order valence-electron chi connectivity index (χ3n) is 7.02. The Bertz CT molecular complexity index is 1450. The van der Waals surface area contributed by atoms with E-state index in [4.69, 9.17) is 14.6 Å². The predicted octanol–water partition coefficient (Wildman–Crippen LogP) is 4.93. The molecule has 0 N–H and O–H groups in total. The van der Waals surface area contributed by atoms with E-state index in [1.165, 1.54) is 13.1 Å². The van der Waals surface area contributed by atoms with Crippen LogP contribution in [-0.4, -0.2) is 59.0 Å². The zero-order chi connectivity index (χ0) is 26.6. The molecule has 2 unspecified atom stereocenters. The van der Waals surface area contributed by atoms with E-state index in [0.29, 0.717) is 29.1 Å². The smallest absolute Gasteiger partial charge is 0.235 e. The first-order chi connectivity index (χ1) is 17.3. The third-order valence-corrected chi connectivity index (χ3v) is 9.29. The summed E-state index contributed by atoms with van der Waals surface area (Å²) in [6, 6.07) is 8.91. The Kier molecular flexibility index (Phi) is 6.39. The quantitative estimate of drug-likeness (QED) is 0.400. The van der Waals surface area contributed by atoms with Gasteiger partial charge in [0.05, 0.1) is 28.7 Å². The standard InChI is InChI=1S/C27H32FN3O5S/c1-17(28)36-21-7-5-6-18(10-21)24-25-22(31(30-24)20-8-9-35-26(2,3)12-20)11-19(14-29-25)23(32)13-27(4)15-37(33,34)16-27/h5-7,10-11,14,17,20H,8-9,12-13,15-16H2,1-4H3. The van der Waals surface area contributed by atoms with Gasteiger partial charge in [-0.1, -0.05) is 19.1 Å². The third kappa shape index (κ3) is 5.40. The maximum Gasteiger partial charge on any atom is 0.235 e. The predicted molar refractivity (Wildman–Crippen MR) is 138 cm³/mol. The molecule has 0 bridgehead atoms. The fourth-order valence-corrected chi connectivity index (χ4v) is 7.81. The van der Waals surface area contributed by atoms with Crippen LogP contribution in [0.5, 0.6) is 5.75 Å².